The van der Waals surface area contributed by atoms with Crippen LogP contribution >= 0.6 is 11.6 Å². The van der Waals surface area contributed by atoms with E-state index in [1.165, 1.54) is 10.6 Å². The summed E-state index contributed by atoms with van der Waals surface area (Å²) >= 11 is 5.96. The molecule has 0 saturated carbocycles. The lowest BCUT2D eigenvalue weighted by atomic mass is 10.1. The molecule has 154 valence electrons. The number of aromatic hydroxyl groups is 1. The van der Waals surface area contributed by atoms with Crippen LogP contribution in [-0.2, 0) is 20.1 Å². The second-order valence-electron chi connectivity index (χ2n) is 6.57. The molecule has 0 unspecified atom stereocenters. The van der Waals surface area contributed by atoms with E-state index < -0.39 is 23.3 Å². The van der Waals surface area contributed by atoms with E-state index in [0.717, 1.165) is 12.1 Å². The number of nitrogens with zero attached hydrogens (tertiary/aromatic N) is 2. The Morgan fingerprint density at radius 2 is 2.10 bits per heavy atom. The minimum absolute atomic E-state index is 0.0306. The van der Waals surface area contributed by atoms with Crippen LogP contribution in [0.4, 0.5) is 8.78 Å². The Kier molecular flexibility index (Phi) is 6.04. The second kappa shape index (κ2) is 8.34. The van der Waals surface area contributed by atoms with E-state index in [9.17, 15) is 23.8 Å². The molecule has 0 atom stereocenters. The van der Waals surface area contributed by atoms with Gasteiger partial charge < -0.3 is 20.1 Å². The number of aryl methyl sites for hydroxylation is 1. The zero-order chi connectivity index (χ0) is 21.3. The molecule has 3 rings (SSSR count). The smallest absolute Gasteiger partial charge is 0.259 e. The van der Waals surface area contributed by atoms with E-state index in [1.807, 2.05) is 6.92 Å². The molecule has 1 aliphatic carbocycles. The van der Waals surface area contributed by atoms with Gasteiger partial charge in [-0.2, -0.15) is 0 Å². The molecule has 1 aromatic carbocycles. The summed E-state index contributed by atoms with van der Waals surface area (Å²) < 4.78 is 30.3. The van der Waals surface area contributed by atoms with Gasteiger partial charge in [-0.05, 0) is 37.5 Å². The number of aliphatic hydroxyl groups is 1. The number of nitrogens with one attached hydrogen (secondary N) is 1. The van der Waals surface area contributed by atoms with Gasteiger partial charge in [0.2, 0.25) is 0 Å². The maximum atomic E-state index is 14.8. The van der Waals surface area contributed by atoms with Gasteiger partial charge in [-0.25, -0.2) is 13.8 Å². The van der Waals surface area contributed by atoms with Crippen molar-refractivity contribution < 1.29 is 23.8 Å². The van der Waals surface area contributed by atoms with Crippen molar-refractivity contribution in [1.29, 1.82) is 0 Å². The van der Waals surface area contributed by atoms with Crippen LogP contribution in [0, 0.1) is 5.82 Å². The largest absolute Gasteiger partial charge is 0.507 e. The number of benzene rings is 1. The maximum Gasteiger partial charge on any atom is 0.259 e. The van der Waals surface area contributed by atoms with Crippen molar-refractivity contribution in [3.8, 4) is 17.1 Å². The quantitative estimate of drug-likeness (QED) is 0.682. The molecule has 1 heterocycles. The van der Waals surface area contributed by atoms with Crippen molar-refractivity contribution in [2.75, 3.05) is 0 Å². The predicted molar refractivity (Wildman–Crippen MR) is 104 cm³/mol. The van der Waals surface area contributed by atoms with Crippen molar-refractivity contribution >= 4 is 17.5 Å². The molecule has 0 spiro atoms. The molecular weight excluding hydrogens is 404 g/mol. The molecule has 0 aliphatic heterocycles. The van der Waals surface area contributed by atoms with E-state index in [1.54, 1.807) is 7.05 Å². The molecule has 29 heavy (non-hydrogen) atoms. The Morgan fingerprint density at radius 1 is 1.38 bits per heavy atom. The monoisotopic (exact) mass is 423 g/mol. The molecule has 3 N–H and O–H groups in total. The third-order valence-electron chi connectivity index (χ3n) is 4.79. The van der Waals surface area contributed by atoms with Crippen LogP contribution in [0.5, 0.6) is 5.75 Å². The Bertz CT molecular complexity index is 1040. The highest BCUT2D eigenvalue weighted by Gasteiger charge is 2.23. The first-order chi connectivity index (χ1) is 13.8. The van der Waals surface area contributed by atoms with Crippen LogP contribution in [0.1, 0.15) is 41.5 Å². The van der Waals surface area contributed by atoms with Gasteiger partial charge in [0.05, 0.1) is 34.8 Å². The van der Waals surface area contributed by atoms with E-state index in [-0.39, 0.29) is 34.3 Å². The van der Waals surface area contributed by atoms with Crippen LogP contribution in [0.2, 0.25) is 0 Å². The summed E-state index contributed by atoms with van der Waals surface area (Å²) in [5.74, 6) is -2.66. The van der Waals surface area contributed by atoms with Gasteiger partial charge >= 0.3 is 0 Å². The fourth-order valence-electron chi connectivity index (χ4n) is 3.22. The number of phenols is 1. The van der Waals surface area contributed by atoms with Crippen LogP contribution in [0.15, 0.2) is 34.8 Å². The number of phenolic OH excluding ortho intramolecular Hbond substituents is 1. The Labute approximate surface area is 171 Å². The van der Waals surface area contributed by atoms with Crippen LogP contribution in [0.25, 0.3) is 11.4 Å². The highest BCUT2D eigenvalue weighted by molar-refractivity contribution is 6.30. The van der Waals surface area contributed by atoms with Gasteiger partial charge in [0.1, 0.15) is 23.2 Å². The normalized spacial score (nSPS) is 14.2. The summed E-state index contributed by atoms with van der Waals surface area (Å²) in [6.07, 6.45) is 2.61. The number of carbonyl (C=O) groups is 1. The topological polar surface area (TPSA) is 87.4 Å². The fraction of sp³-hybridized carbons (Fsp3) is 0.300. The molecule has 9 heteroatoms. The third kappa shape index (κ3) is 3.90. The minimum atomic E-state index is -0.892. The highest BCUT2D eigenvalue weighted by atomic mass is 35.5. The van der Waals surface area contributed by atoms with Crippen LogP contribution < -0.4 is 5.32 Å². The van der Waals surface area contributed by atoms with Gasteiger partial charge in [-0.1, -0.05) is 18.5 Å². The Balaban J connectivity index is 1.98. The van der Waals surface area contributed by atoms with Crippen LogP contribution in [0.3, 0.4) is 0 Å². The van der Waals surface area contributed by atoms with Gasteiger partial charge in [0.15, 0.2) is 0 Å². The summed E-state index contributed by atoms with van der Waals surface area (Å²) in [5.41, 5.74) is 0.554. The SMILES string of the molecule is CCc1nc(-c2cc(O)c(C(=O)NC3=C(Cl)CCC=C3F)cc2F)n(C)c1CO. The average molecular weight is 424 g/mol. The molecule has 0 saturated heterocycles. The van der Waals surface area contributed by atoms with E-state index >= 15 is 0 Å². The van der Waals surface area contributed by atoms with Gasteiger partial charge in [-0.15, -0.1) is 0 Å². The average Bonchev–Trinajstić information content (AvgIpc) is 3.01. The van der Waals surface area contributed by atoms with Crippen molar-refractivity contribution in [3.05, 3.63) is 57.5 Å². The Hall–Kier alpha value is -2.71. The molecule has 1 aliphatic rings. The number of aromatic nitrogens is 2. The number of carbonyl (C=O) groups excluding carboxylic acids is 1. The lowest BCUT2D eigenvalue weighted by molar-refractivity contribution is 0.0961. The van der Waals surface area contributed by atoms with Gasteiger partial charge in [0, 0.05) is 12.1 Å². The van der Waals surface area contributed by atoms with E-state index in [0.29, 0.717) is 30.7 Å². The summed E-state index contributed by atoms with van der Waals surface area (Å²) in [7, 11) is 1.62. The Morgan fingerprint density at radius 3 is 2.69 bits per heavy atom. The fourth-order valence-corrected chi connectivity index (χ4v) is 3.46. The van der Waals surface area contributed by atoms with Crippen molar-refractivity contribution in [2.45, 2.75) is 32.8 Å². The third-order valence-corrected chi connectivity index (χ3v) is 5.17. The number of imidazole rings is 1. The molecular formula is C20H20ClF2N3O3. The summed E-state index contributed by atoms with van der Waals surface area (Å²) in [5, 5.41) is 22.3. The standard InChI is InChI=1S/C20H20ClF2N3O3/c1-3-15-16(9-27)26(2)19(24-15)10-8-17(28)11(7-14(10)23)20(29)25-18-12(21)5-4-6-13(18)22/h6-8,27-28H,3-5,9H2,1-2H3,(H,25,29). The first-order valence-electron chi connectivity index (χ1n) is 9.02. The molecule has 1 amide bonds. The molecule has 0 radical (unpaired) electrons. The summed E-state index contributed by atoms with van der Waals surface area (Å²) in [4.78, 5) is 16.8. The number of hydrogen-bond donors (Lipinski definition) is 3. The van der Waals surface area contributed by atoms with Crippen molar-refractivity contribution in [2.24, 2.45) is 7.05 Å². The molecule has 6 nitrogen and oxygen atoms in total. The first kappa shape index (κ1) is 21.0. The lowest BCUT2D eigenvalue weighted by Gasteiger charge is -2.15. The predicted octanol–water partition coefficient (Wildman–Crippen LogP) is 3.81. The summed E-state index contributed by atoms with van der Waals surface area (Å²) in [6.45, 7) is 1.58. The number of rotatable bonds is 5. The summed E-state index contributed by atoms with van der Waals surface area (Å²) in [6, 6.07) is 1.94. The van der Waals surface area contributed by atoms with Crippen LogP contribution in [-0.4, -0.2) is 25.7 Å². The number of aliphatic hydroxyl groups excluding tert-OH is 1. The molecule has 1 aromatic heterocycles. The lowest BCUT2D eigenvalue weighted by Crippen LogP contribution is -2.25. The second-order valence-corrected chi connectivity index (χ2v) is 7.03. The van der Waals surface area contributed by atoms with Gasteiger partial charge in [-0.3, -0.25) is 4.79 Å². The number of allylic oxidation sites excluding steroid dienone is 3. The first-order valence-corrected chi connectivity index (χ1v) is 9.40. The number of amides is 1. The zero-order valence-corrected chi connectivity index (χ0v) is 16.6. The maximum absolute atomic E-state index is 14.8. The highest BCUT2D eigenvalue weighted by Crippen LogP contribution is 2.32. The zero-order valence-electron chi connectivity index (χ0n) is 15.9. The minimum Gasteiger partial charge on any atom is -0.507 e. The van der Waals surface area contributed by atoms with E-state index in [2.05, 4.69) is 10.3 Å². The van der Waals surface area contributed by atoms with Crippen molar-refractivity contribution in [1.82, 2.24) is 14.9 Å². The molecule has 0 bridgehead atoms. The van der Waals surface area contributed by atoms with Crippen molar-refractivity contribution in [3.63, 3.8) is 0 Å². The van der Waals surface area contributed by atoms with Gasteiger partial charge in [0.25, 0.3) is 5.91 Å². The number of halogens is 3. The number of hydrogen-bond acceptors (Lipinski definition) is 4. The molecule has 0 fully saturated rings. The molecule has 2 aromatic rings. The van der Waals surface area contributed by atoms with E-state index in [4.69, 9.17) is 11.6 Å².